The maximum atomic E-state index is 13.2. The monoisotopic (exact) mass is 428 g/mol. The van der Waals surface area contributed by atoms with Crippen LogP contribution < -0.4 is 14.8 Å². The molecule has 32 heavy (non-hydrogen) atoms. The van der Waals surface area contributed by atoms with E-state index in [1.807, 2.05) is 78.9 Å². The molecular formula is C26H24N2O4. The number of fused-ring (bicyclic) bond motifs is 1. The third-order valence-electron chi connectivity index (χ3n) is 6.10. The second kappa shape index (κ2) is 8.75. The summed E-state index contributed by atoms with van der Waals surface area (Å²) in [7, 11) is 0. The predicted octanol–water partition coefficient (Wildman–Crippen LogP) is 3.59. The minimum absolute atomic E-state index is 0.0439. The van der Waals surface area contributed by atoms with Gasteiger partial charge in [-0.05, 0) is 35.4 Å². The zero-order chi connectivity index (χ0) is 21.9. The highest BCUT2D eigenvalue weighted by Crippen LogP contribution is 2.35. The average molecular weight is 428 g/mol. The van der Waals surface area contributed by atoms with Gasteiger partial charge in [-0.25, -0.2) is 0 Å². The molecule has 1 saturated heterocycles. The molecule has 6 nitrogen and oxygen atoms in total. The first-order valence-corrected chi connectivity index (χ1v) is 10.7. The number of amides is 2. The van der Waals surface area contributed by atoms with Crippen molar-refractivity contribution in [2.75, 3.05) is 19.9 Å². The van der Waals surface area contributed by atoms with Gasteiger partial charge in [0.15, 0.2) is 11.5 Å². The Morgan fingerprint density at radius 1 is 0.875 bits per heavy atom. The van der Waals surface area contributed by atoms with Crippen LogP contribution in [0.25, 0.3) is 0 Å². The number of rotatable bonds is 5. The lowest BCUT2D eigenvalue weighted by Gasteiger charge is -2.18. The predicted molar refractivity (Wildman–Crippen MR) is 119 cm³/mol. The van der Waals surface area contributed by atoms with Crippen LogP contribution in [-0.2, 0) is 11.3 Å². The summed E-state index contributed by atoms with van der Waals surface area (Å²) in [6, 6.07) is 24.8. The fourth-order valence-electron chi connectivity index (χ4n) is 4.41. The zero-order valence-corrected chi connectivity index (χ0v) is 17.6. The van der Waals surface area contributed by atoms with Gasteiger partial charge in [-0.3, -0.25) is 9.59 Å². The number of carbonyl (C=O) groups excluding carboxylic acids is 2. The number of nitrogens with one attached hydrogen (secondary N) is 1. The molecule has 162 valence electrons. The first kappa shape index (κ1) is 20.1. The number of nitrogens with zero attached hydrogens (tertiary/aromatic N) is 1. The summed E-state index contributed by atoms with van der Waals surface area (Å²) < 4.78 is 10.8. The molecule has 2 aliphatic heterocycles. The van der Waals surface area contributed by atoms with Crippen molar-refractivity contribution in [2.45, 2.75) is 12.5 Å². The molecule has 2 amide bonds. The summed E-state index contributed by atoms with van der Waals surface area (Å²) in [5.74, 6) is 0.937. The van der Waals surface area contributed by atoms with Crippen LogP contribution in [0.3, 0.4) is 0 Å². The fourth-order valence-corrected chi connectivity index (χ4v) is 4.41. The van der Waals surface area contributed by atoms with Gasteiger partial charge in [0, 0.05) is 31.1 Å². The van der Waals surface area contributed by atoms with Crippen LogP contribution in [-0.4, -0.2) is 36.6 Å². The Bertz CT molecular complexity index is 1120. The molecule has 5 rings (SSSR count). The molecule has 2 aliphatic rings. The van der Waals surface area contributed by atoms with E-state index in [2.05, 4.69) is 5.32 Å². The summed E-state index contributed by atoms with van der Waals surface area (Å²) in [5, 5.41) is 3.06. The zero-order valence-electron chi connectivity index (χ0n) is 17.6. The van der Waals surface area contributed by atoms with Gasteiger partial charge >= 0.3 is 0 Å². The minimum Gasteiger partial charge on any atom is -0.454 e. The molecule has 0 aromatic heterocycles. The molecule has 1 N–H and O–H groups in total. The van der Waals surface area contributed by atoms with Gasteiger partial charge in [0.05, 0.1) is 5.92 Å². The quantitative estimate of drug-likeness (QED) is 0.675. The van der Waals surface area contributed by atoms with Crippen LogP contribution >= 0.6 is 0 Å². The molecule has 2 heterocycles. The van der Waals surface area contributed by atoms with Gasteiger partial charge in [0.2, 0.25) is 12.7 Å². The van der Waals surface area contributed by atoms with Crippen molar-refractivity contribution >= 4 is 11.8 Å². The molecule has 0 aliphatic carbocycles. The standard InChI is InChI=1S/C26H24N2O4/c29-25(27-14-18-11-12-23-24(13-18)32-17-31-23)22-16-28(26(30)20-9-5-2-6-10-20)15-21(22)19-7-3-1-4-8-19/h1-13,21-22H,14-17H2,(H,27,29)/t21-,22-/m1/s1. The minimum atomic E-state index is -0.320. The van der Waals surface area contributed by atoms with Crippen LogP contribution in [0.15, 0.2) is 78.9 Å². The van der Waals surface area contributed by atoms with E-state index in [9.17, 15) is 9.59 Å². The lowest BCUT2D eigenvalue weighted by molar-refractivity contribution is -0.125. The molecule has 3 aromatic carbocycles. The van der Waals surface area contributed by atoms with Gasteiger partial charge < -0.3 is 19.7 Å². The highest BCUT2D eigenvalue weighted by molar-refractivity contribution is 5.95. The molecule has 0 bridgehead atoms. The Morgan fingerprint density at radius 3 is 2.38 bits per heavy atom. The normalized spacial score (nSPS) is 19.1. The van der Waals surface area contributed by atoms with Crippen LogP contribution in [0.1, 0.15) is 27.4 Å². The summed E-state index contributed by atoms with van der Waals surface area (Å²) in [4.78, 5) is 28.1. The van der Waals surface area contributed by atoms with E-state index in [1.165, 1.54) is 0 Å². The molecule has 0 saturated carbocycles. The molecule has 0 spiro atoms. The van der Waals surface area contributed by atoms with E-state index in [4.69, 9.17) is 9.47 Å². The van der Waals surface area contributed by atoms with E-state index in [0.717, 1.165) is 16.9 Å². The van der Waals surface area contributed by atoms with Crippen molar-refractivity contribution in [3.8, 4) is 11.5 Å². The van der Waals surface area contributed by atoms with Gasteiger partial charge in [0.25, 0.3) is 5.91 Å². The SMILES string of the molecule is O=C(NCc1ccc2c(c1)OCO2)[C@@H]1CN(C(=O)c2ccccc2)C[C@@H]1c1ccccc1. The molecule has 0 radical (unpaired) electrons. The fraction of sp³-hybridized carbons (Fsp3) is 0.231. The second-order valence-corrected chi connectivity index (χ2v) is 8.11. The van der Waals surface area contributed by atoms with Crippen LogP contribution in [0.2, 0.25) is 0 Å². The van der Waals surface area contributed by atoms with Crippen molar-refractivity contribution in [1.29, 1.82) is 0 Å². The Kier molecular flexibility index (Phi) is 5.50. The van der Waals surface area contributed by atoms with Gasteiger partial charge in [-0.2, -0.15) is 0 Å². The van der Waals surface area contributed by atoms with Crippen molar-refractivity contribution in [3.05, 3.63) is 95.6 Å². The summed E-state index contributed by atoms with van der Waals surface area (Å²) in [5.41, 5.74) is 2.65. The Labute approximate surface area is 186 Å². The molecular weight excluding hydrogens is 404 g/mol. The third kappa shape index (κ3) is 4.04. The van der Waals surface area contributed by atoms with Gasteiger partial charge in [-0.15, -0.1) is 0 Å². The summed E-state index contributed by atoms with van der Waals surface area (Å²) in [6.45, 7) is 1.51. The Hall–Kier alpha value is -3.80. The van der Waals surface area contributed by atoms with Crippen molar-refractivity contribution < 1.29 is 19.1 Å². The molecule has 6 heteroatoms. The third-order valence-corrected chi connectivity index (χ3v) is 6.10. The lowest BCUT2D eigenvalue weighted by Crippen LogP contribution is -2.35. The van der Waals surface area contributed by atoms with Crippen molar-refractivity contribution in [3.63, 3.8) is 0 Å². The number of likely N-dealkylation sites (tertiary alicyclic amines) is 1. The van der Waals surface area contributed by atoms with Crippen LogP contribution in [0.5, 0.6) is 11.5 Å². The number of ether oxygens (including phenoxy) is 2. The van der Waals surface area contributed by atoms with Crippen molar-refractivity contribution in [2.24, 2.45) is 5.92 Å². The maximum Gasteiger partial charge on any atom is 0.253 e. The van der Waals surface area contributed by atoms with Crippen LogP contribution in [0, 0.1) is 5.92 Å². The van der Waals surface area contributed by atoms with E-state index in [1.54, 1.807) is 4.90 Å². The molecule has 2 atom stereocenters. The van der Waals surface area contributed by atoms with Crippen LogP contribution in [0.4, 0.5) is 0 Å². The second-order valence-electron chi connectivity index (χ2n) is 8.11. The largest absolute Gasteiger partial charge is 0.454 e. The first-order chi connectivity index (χ1) is 15.7. The van der Waals surface area contributed by atoms with Gasteiger partial charge in [0.1, 0.15) is 0 Å². The summed E-state index contributed by atoms with van der Waals surface area (Å²) >= 11 is 0. The molecule has 0 unspecified atom stereocenters. The van der Waals surface area contributed by atoms with E-state index >= 15 is 0 Å². The molecule has 3 aromatic rings. The maximum absolute atomic E-state index is 13.2. The number of carbonyl (C=O) groups is 2. The number of benzene rings is 3. The highest BCUT2D eigenvalue weighted by atomic mass is 16.7. The van der Waals surface area contributed by atoms with E-state index < -0.39 is 0 Å². The van der Waals surface area contributed by atoms with Crippen molar-refractivity contribution in [1.82, 2.24) is 10.2 Å². The average Bonchev–Trinajstić information content (AvgIpc) is 3.50. The summed E-state index contributed by atoms with van der Waals surface area (Å²) in [6.07, 6.45) is 0. The Morgan fingerprint density at radius 2 is 1.59 bits per heavy atom. The smallest absolute Gasteiger partial charge is 0.253 e. The number of hydrogen-bond acceptors (Lipinski definition) is 4. The van der Waals surface area contributed by atoms with E-state index in [0.29, 0.717) is 30.9 Å². The van der Waals surface area contributed by atoms with Gasteiger partial charge in [-0.1, -0.05) is 54.6 Å². The first-order valence-electron chi connectivity index (χ1n) is 10.7. The Balaban J connectivity index is 1.32. The topological polar surface area (TPSA) is 67.9 Å². The van der Waals surface area contributed by atoms with E-state index in [-0.39, 0.29) is 30.4 Å². The molecule has 1 fully saturated rings. The highest BCUT2D eigenvalue weighted by Gasteiger charge is 2.40. The number of hydrogen-bond donors (Lipinski definition) is 1. The lowest BCUT2D eigenvalue weighted by atomic mass is 9.88.